The number of nitrogens with one attached hydrogen (secondary N) is 1. The number of nitrogens with zero attached hydrogens (tertiary/aromatic N) is 3. The summed E-state index contributed by atoms with van der Waals surface area (Å²) in [6.45, 7) is 0. The molecule has 3 fully saturated rings. The monoisotopic (exact) mass is 254 g/mol. The van der Waals surface area contributed by atoms with Gasteiger partial charge in [0.1, 0.15) is 5.54 Å². The predicted octanol–water partition coefficient (Wildman–Crippen LogP) is 0.681. The summed E-state index contributed by atoms with van der Waals surface area (Å²) in [5.74, 6) is -2.77. The number of carbonyl (C=O) groups is 1. The van der Waals surface area contributed by atoms with Crippen molar-refractivity contribution in [3.8, 4) is 0 Å². The Labute approximate surface area is 102 Å². The molecule has 1 amide bonds. The Morgan fingerprint density at radius 3 is 2.61 bits per heavy atom. The molecule has 3 aliphatic carbocycles. The number of amides is 1. The van der Waals surface area contributed by atoms with Crippen molar-refractivity contribution >= 4 is 5.91 Å². The fourth-order valence-corrected chi connectivity index (χ4v) is 2.85. The van der Waals surface area contributed by atoms with Gasteiger partial charge in [0.05, 0.1) is 11.6 Å². The maximum Gasteiger partial charge on any atom is 0.256 e. The number of hydrogen-bond donors (Lipinski definition) is 1. The van der Waals surface area contributed by atoms with Gasteiger partial charge in [-0.2, -0.15) is 0 Å². The molecule has 0 aromatic carbocycles. The molecule has 0 aliphatic heterocycles. The van der Waals surface area contributed by atoms with Crippen LogP contribution < -0.4 is 5.32 Å². The van der Waals surface area contributed by atoms with Gasteiger partial charge in [0.15, 0.2) is 0 Å². The van der Waals surface area contributed by atoms with Gasteiger partial charge in [0.2, 0.25) is 5.91 Å². The summed E-state index contributed by atoms with van der Waals surface area (Å²) >= 11 is 0. The molecule has 96 valence electrons. The number of carbonyl (C=O) groups excluding carboxylic acids is 1. The third-order valence-corrected chi connectivity index (χ3v) is 4.53. The molecule has 1 heterocycles. The average Bonchev–Trinajstić information content (AvgIpc) is 3.23. The molecule has 0 bridgehead atoms. The van der Waals surface area contributed by atoms with E-state index in [0.29, 0.717) is 19.3 Å². The van der Waals surface area contributed by atoms with E-state index < -0.39 is 16.9 Å². The quantitative estimate of drug-likeness (QED) is 0.863. The maximum absolute atomic E-state index is 13.1. The Hall–Kier alpha value is -1.53. The SMILES string of the molecule is O=C(NC1CC12CC2(F)F)C1(n2ccnn2)CC1. The summed E-state index contributed by atoms with van der Waals surface area (Å²) in [6, 6.07) is -0.360. The van der Waals surface area contributed by atoms with Crippen molar-refractivity contribution in [2.24, 2.45) is 5.41 Å². The average molecular weight is 254 g/mol. The number of rotatable bonds is 3. The van der Waals surface area contributed by atoms with Crippen LogP contribution >= 0.6 is 0 Å². The number of hydrogen-bond acceptors (Lipinski definition) is 3. The highest BCUT2D eigenvalue weighted by atomic mass is 19.3. The van der Waals surface area contributed by atoms with Gasteiger partial charge in [-0.05, 0) is 19.3 Å². The first-order chi connectivity index (χ1) is 8.50. The molecule has 0 saturated heterocycles. The van der Waals surface area contributed by atoms with Crippen LogP contribution in [0.5, 0.6) is 0 Å². The largest absolute Gasteiger partial charge is 0.350 e. The molecule has 5 nitrogen and oxygen atoms in total. The summed E-state index contributed by atoms with van der Waals surface area (Å²) in [5.41, 5.74) is -1.59. The molecule has 0 radical (unpaired) electrons. The van der Waals surface area contributed by atoms with Gasteiger partial charge in [0, 0.05) is 18.7 Å². The number of aromatic nitrogens is 3. The van der Waals surface area contributed by atoms with E-state index in [2.05, 4.69) is 15.6 Å². The molecule has 1 aromatic rings. The first-order valence-electron chi connectivity index (χ1n) is 6.06. The number of halogens is 2. The highest BCUT2D eigenvalue weighted by molar-refractivity contribution is 5.87. The van der Waals surface area contributed by atoms with Crippen LogP contribution in [0.3, 0.4) is 0 Å². The van der Waals surface area contributed by atoms with Gasteiger partial charge in [-0.15, -0.1) is 5.10 Å². The lowest BCUT2D eigenvalue weighted by Crippen LogP contribution is -2.41. The van der Waals surface area contributed by atoms with E-state index in [0.717, 1.165) is 0 Å². The maximum atomic E-state index is 13.1. The van der Waals surface area contributed by atoms with Crippen molar-refractivity contribution in [1.82, 2.24) is 20.3 Å². The third-order valence-electron chi connectivity index (χ3n) is 4.53. The van der Waals surface area contributed by atoms with E-state index >= 15 is 0 Å². The summed E-state index contributed by atoms with van der Waals surface area (Å²) in [4.78, 5) is 12.2. The van der Waals surface area contributed by atoms with Gasteiger partial charge >= 0.3 is 0 Å². The minimum absolute atomic E-state index is 0.0821. The van der Waals surface area contributed by atoms with Crippen molar-refractivity contribution < 1.29 is 13.6 Å². The third kappa shape index (κ3) is 1.12. The van der Waals surface area contributed by atoms with E-state index in [-0.39, 0.29) is 18.4 Å². The van der Waals surface area contributed by atoms with Crippen molar-refractivity contribution in [2.45, 2.75) is 43.2 Å². The Bertz CT molecular complexity index is 525. The van der Waals surface area contributed by atoms with Crippen LogP contribution in [0.15, 0.2) is 12.4 Å². The van der Waals surface area contributed by atoms with Crippen LogP contribution in [-0.4, -0.2) is 32.9 Å². The Balaban J connectivity index is 1.47. The van der Waals surface area contributed by atoms with E-state index in [9.17, 15) is 13.6 Å². The van der Waals surface area contributed by atoms with E-state index in [1.165, 1.54) is 10.9 Å². The van der Waals surface area contributed by atoms with Gasteiger partial charge in [0.25, 0.3) is 5.92 Å². The summed E-state index contributed by atoms with van der Waals surface area (Å²) in [5, 5.41) is 10.3. The van der Waals surface area contributed by atoms with Crippen LogP contribution in [0, 0.1) is 5.41 Å². The van der Waals surface area contributed by atoms with Crippen LogP contribution in [-0.2, 0) is 10.3 Å². The number of alkyl halides is 2. The second-order valence-electron chi connectivity index (χ2n) is 5.65. The molecule has 1 N–H and O–H groups in total. The van der Waals surface area contributed by atoms with Crippen LogP contribution in [0.25, 0.3) is 0 Å². The van der Waals surface area contributed by atoms with E-state index in [1.54, 1.807) is 6.20 Å². The van der Waals surface area contributed by atoms with Gasteiger partial charge < -0.3 is 5.32 Å². The van der Waals surface area contributed by atoms with Crippen molar-refractivity contribution in [3.05, 3.63) is 12.4 Å². The Kier molecular flexibility index (Phi) is 1.57. The van der Waals surface area contributed by atoms with Crippen LogP contribution in [0.2, 0.25) is 0 Å². The molecular formula is C11H12F2N4O. The van der Waals surface area contributed by atoms with Crippen LogP contribution in [0.1, 0.15) is 25.7 Å². The molecule has 18 heavy (non-hydrogen) atoms. The zero-order chi connectivity index (χ0) is 12.6. The molecule has 2 atom stereocenters. The molecule has 7 heteroatoms. The van der Waals surface area contributed by atoms with Crippen molar-refractivity contribution in [2.75, 3.05) is 0 Å². The predicted molar refractivity (Wildman–Crippen MR) is 55.8 cm³/mol. The first-order valence-corrected chi connectivity index (χ1v) is 6.06. The molecule has 3 aliphatic rings. The fraction of sp³-hybridized carbons (Fsp3) is 0.727. The first kappa shape index (κ1) is 10.4. The van der Waals surface area contributed by atoms with Gasteiger partial charge in [-0.1, -0.05) is 5.21 Å². The summed E-state index contributed by atoms with van der Waals surface area (Å²) < 4.78 is 27.7. The standard InChI is InChI=1S/C11H12F2N4O/c12-11(13)6-9(11)5-7(9)15-8(18)10(1-2-10)17-4-3-14-16-17/h3-4,7H,1-2,5-6H2,(H,15,18). The highest BCUT2D eigenvalue weighted by Crippen LogP contribution is 2.75. The second kappa shape index (κ2) is 2.73. The molecule has 4 rings (SSSR count). The molecular weight excluding hydrogens is 242 g/mol. The minimum Gasteiger partial charge on any atom is -0.350 e. The lowest BCUT2D eigenvalue weighted by molar-refractivity contribution is -0.126. The molecule has 1 aromatic heterocycles. The topological polar surface area (TPSA) is 59.8 Å². The van der Waals surface area contributed by atoms with E-state index in [4.69, 9.17) is 0 Å². The van der Waals surface area contributed by atoms with Crippen molar-refractivity contribution in [3.63, 3.8) is 0 Å². The normalized spacial score (nSPS) is 37.3. The Morgan fingerprint density at radius 2 is 2.17 bits per heavy atom. The lowest BCUT2D eigenvalue weighted by atomic mass is 10.2. The molecule has 2 unspecified atom stereocenters. The highest BCUT2D eigenvalue weighted by Gasteiger charge is 2.84. The van der Waals surface area contributed by atoms with Crippen LogP contribution in [0.4, 0.5) is 8.78 Å². The molecule has 3 saturated carbocycles. The fourth-order valence-electron chi connectivity index (χ4n) is 2.85. The van der Waals surface area contributed by atoms with Gasteiger partial charge in [-0.3, -0.25) is 4.79 Å². The summed E-state index contributed by atoms with van der Waals surface area (Å²) in [6.07, 6.45) is 4.86. The summed E-state index contributed by atoms with van der Waals surface area (Å²) in [7, 11) is 0. The second-order valence-corrected chi connectivity index (χ2v) is 5.65. The zero-order valence-corrected chi connectivity index (χ0v) is 9.57. The van der Waals surface area contributed by atoms with Crippen molar-refractivity contribution in [1.29, 1.82) is 0 Å². The Morgan fingerprint density at radius 1 is 1.44 bits per heavy atom. The van der Waals surface area contributed by atoms with Gasteiger partial charge in [-0.25, -0.2) is 13.5 Å². The lowest BCUT2D eigenvalue weighted by Gasteiger charge is -2.15. The zero-order valence-electron chi connectivity index (χ0n) is 9.57. The minimum atomic E-state index is -2.57. The smallest absolute Gasteiger partial charge is 0.256 e. The molecule has 1 spiro atoms. The van der Waals surface area contributed by atoms with E-state index in [1.807, 2.05) is 0 Å².